The number of nitrogens with zero attached hydrogens (tertiary/aromatic N) is 4. The molecule has 0 aliphatic carbocycles. The van der Waals surface area contributed by atoms with E-state index in [1.54, 1.807) is 6.92 Å². The van der Waals surface area contributed by atoms with Crippen LogP contribution in [0.5, 0.6) is 0 Å². The first kappa shape index (κ1) is 13.0. The number of carboxylic acid groups (broad SMARTS) is 1. The third kappa shape index (κ3) is 2.85. The summed E-state index contributed by atoms with van der Waals surface area (Å²) in [5, 5.41) is 27.0. The zero-order chi connectivity index (χ0) is 14.0. The van der Waals surface area contributed by atoms with Gasteiger partial charge >= 0.3 is 11.8 Å². The lowest BCUT2D eigenvalue weighted by Gasteiger charge is -2.00. The summed E-state index contributed by atoms with van der Waals surface area (Å²) < 4.78 is 5.09. The number of aromatic nitrogens is 3. The molecule has 2 aromatic heterocycles. The van der Waals surface area contributed by atoms with E-state index in [2.05, 4.69) is 15.2 Å². The van der Waals surface area contributed by atoms with Crippen molar-refractivity contribution < 1.29 is 19.2 Å². The van der Waals surface area contributed by atoms with Gasteiger partial charge in [-0.25, -0.2) is 4.79 Å². The first-order valence-electron chi connectivity index (χ1n) is 4.83. The van der Waals surface area contributed by atoms with Gasteiger partial charge in [0, 0.05) is 6.92 Å². The number of carbonyl (C=O) groups is 1. The molecule has 98 valence electrons. The molecule has 1 N–H and O–H groups in total. The van der Waals surface area contributed by atoms with Gasteiger partial charge < -0.3 is 19.6 Å². The van der Waals surface area contributed by atoms with Crippen LogP contribution < -0.4 is 0 Å². The number of rotatable bonds is 4. The van der Waals surface area contributed by atoms with Gasteiger partial charge in [0.05, 0.1) is 16.5 Å². The third-order valence-electron chi connectivity index (χ3n) is 1.98. The first-order chi connectivity index (χ1) is 8.97. The van der Waals surface area contributed by atoms with Crippen molar-refractivity contribution in [2.45, 2.75) is 17.0 Å². The molecule has 10 heteroatoms. The minimum Gasteiger partial charge on any atom is -0.478 e. The molecule has 9 nitrogen and oxygen atoms in total. The number of aryl methyl sites for hydroxylation is 1. The topological polar surface area (TPSA) is 132 Å². The number of nitro groups is 1. The van der Waals surface area contributed by atoms with E-state index in [9.17, 15) is 14.9 Å². The predicted octanol–water partition coefficient (Wildman–Crippen LogP) is 1.53. The monoisotopic (exact) mass is 282 g/mol. The fraction of sp³-hybridized carbons (Fsp3) is 0.111. The number of aromatic carboxylic acids is 1. The summed E-state index contributed by atoms with van der Waals surface area (Å²) in [6.07, 6.45) is 1.09. The predicted molar refractivity (Wildman–Crippen MR) is 61.0 cm³/mol. The summed E-state index contributed by atoms with van der Waals surface area (Å²) in [5.74, 6) is -1.51. The molecule has 0 fully saturated rings. The Morgan fingerprint density at radius 2 is 2.26 bits per heavy atom. The van der Waals surface area contributed by atoms with Crippen molar-refractivity contribution in [1.29, 1.82) is 0 Å². The van der Waals surface area contributed by atoms with E-state index >= 15 is 0 Å². The fourth-order valence-electron chi connectivity index (χ4n) is 1.19. The fourth-order valence-corrected chi connectivity index (χ4v) is 1.99. The Morgan fingerprint density at radius 1 is 1.53 bits per heavy atom. The van der Waals surface area contributed by atoms with Crippen molar-refractivity contribution in [3.8, 4) is 0 Å². The molecule has 0 aliphatic rings. The van der Waals surface area contributed by atoms with Crippen LogP contribution in [0.3, 0.4) is 0 Å². The molecular weight excluding hydrogens is 276 g/mol. The van der Waals surface area contributed by atoms with E-state index in [1.165, 1.54) is 0 Å². The summed E-state index contributed by atoms with van der Waals surface area (Å²) in [4.78, 5) is 24.6. The molecule has 2 aromatic rings. The molecule has 19 heavy (non-hydrogen) atoms. The Kier molecular flexibility index (Phi) is 3.42. The lowest BCUT2D eigenvalue weighted by atomic mass is 10.2. The molecule has 0 saturated heterocycles. The van der Waals surface area contributed by atoms with Crippen molar-refractivity contribution in [3.05, 3.63) is 33.8 Å². The lowest BCUT2D eigenvalue weighted by Crippen LogP contribution is -2.02. The zero-order valence-electron chi connectivity index (χ0n) is 9.43. The van der Waals surface area contributed by atoms with Gasteiger partial charge in [0.15, 0.2) is 6.20 Å². The second-order valence-corrected chi connectivity index (χ2v) is 4.28. The van der Waals surface area contributed by atoms with Gasteiger partial charge in [-0.15, -0.1) is 10.2 Å². The van der Waals surface area contributed by atoms with Crippen LogP contribution >= 0.6 is 11.8 Å². The Hall–Kier alpha value is -2.49. The van der Waals surface area contributed by atoms with Gasteiger partial charge in [-0.05, 0) is 21.7 Å². The molecule has 0 radical (unpaired) electrons. The first-order valence-corrected chi connectivity index (χ1v) is 5.64. The van der Waals surface area contributed by atoms with Crippen molar-refractivity contribution in [3.63, 3.8) is 0 Å². The summed E-state index contributed by atoms with van der Waals surface area (Å²) in [7, 11) is 0. The van der Waals surface area contributed by atoms with Crippen molar-refractivity contribution >= 4 is 23.5 Å². The van der Waals surface area contributed by atoms with Crippen LogP contribution in [-0.2, 0) is 0 Å². The standard InChI is InChI=1S/C9H6N4O5S/c1-4-11-12-9(18-4)19-6-3-10-7(13(16)17)2-5(6)8(14)15/h2-3H,1H3,(H,14,15). The lowest BCUT2D eigenvalue weighted by molar-refractivity contribution is -0.389. The van der Waals surface area contributed by atoms with Crippen LogP contribution in [0.1, 0.15) is 16.2 Å². The molecule has 2 heterocycles. The van der Waals surface area contributed by atoms with Gasteiger partial charge in [-0.1, -0.05) is 0 Å². The maximum Gasteiger partial charge on any atom is 0.364 e. The van der Waals surface area contributed by atoms with Crippen LogP contribution in [0.15, 0.2) is 26.8 Å². The normalized spacial score (nSPS) is 10.4. The SMILES string of the molecule is Cc1nnc(Sc2cnc([N+](=O)[O-])cc2C(=O)O)o1. The minimum absolute atomic E-state index is 0.135. The van der Waals surface area contributed by atoms with Crippen LogP contribution in [0.4, 0.5) is 5.82 Å². The molecule has 0 atom stereocenters. The Labute approximate surface area is 109 Å². The van der Waals surface area contributed by atoms with E-state index < -0.39 is 16.7 Å². The van der Waals surface area contributed by atoms with Crippen LogP contribution in [0, 0.1) is 17.0 Å². The molecule has 0 aliphatic heterocycles. The van der Waals surface area contributed by atoms with Gasteiger partial charge in [0.1, 0.15) is 0 Å². The van der Waals surface area contributed by atoms with E-state index in [1.807, 2.05) is 0 Å². The van der Waals surface area contributed by atoms with E-state index in [4.69, 9.17) is 9.52 Å². The van der Waals surface area contributed by atoms with E-state index in [0.717, 1.165) is 24.0 Å². The van der Waals surface area contributed by atoms with Crippen molar-refractivity contribution in [2.75, 3.05) is 0 Å². The zero-order valence-corrected chi connectivity index (χ0v) is 10.2. The van der Waals surface area contributed by atoms with Gasteiger partial charge in [0.25, 0.3) is 5.22 Å². The van der Waals surface area contributed by atoms with E-state index in [0.29, 0.717) is 5.89 Å². The second kappa shape index (κ2) is 5.02. The molecule has 0 bridgehead atoms. The second-order valence-electron chi connectivity index (χ2n) is 3.29. The Balaban J connectivity index is 2.39. The molecule has 0 amide bonds. The van der Waals surface area contributed by atoms with Crippen LogP contribution in [-0.4, -0.2) is 31.2 Å². The number of hydrogen-bond acceptors (Lipinski definition) is 8. The highest BCUT2D eigenvalue weighted by Gasteiger charge is 2.20. The highest BCUT2D eigenvalue weighted by Crippen LogP contribution is 2.30. The quantitative estimate of drug-likeness (QED) is 0.654. The van der Waals surface area contributed by atoms with Gasteiger partial charge in [-0.3, -0.25) is 0 Å². The van der Waals surface area contributed by atoms with Crippen LogP contribution in [0.25, 0.3) is 0 Å². The van der Waals surface area contributed by atoms with Gasteiger partial charge in [-0.2, -0.15) is 0 Å². The minimum atomic E-state index is -1.30. The van der Waals surface area contributed by atoms with Crippen LogP contribution in [0.2, 0.25) is 0 Å². The molecule has 0 unspecified atom stereocenters. The maximum atomic E-state index is 11.1. The number of pyridine rings is 1. The molecular formula is C9H6N4O5S. The number of hydrogen-bond donors (Lipinski definition) is 1. The summed E-state index contributed by atoms with van der Waals surface area (Å²) in [5.41, 5.74) is -0.248. The van der Waals surface area contributed by atoms with Gasteiger partial charge in [0.2, 0.25) is 5.89 Å². The Bertz CT molecular complexity index is 656. The molecule has 0 spiro atoms. The molecule has 2 rings (SSSR count). The average molecular weight is 282 g/mol. The summed E-state index contributed by atoms with van der Waals surface area (Å²) >= 11 is 0.878. The number of carboxylic acids is 1. The largest absolute Gasteiger partial charge is 0.478 e. The average Bonchev–Trinajstić information content (AvgIpc) is 2.74. The summed E-state index contributed by atoms with van der Waals surface area (Å²) in [6, 6.07) is 0.883. The Morgan fingerprint density at radius 3 is 2.79 bits per heavy atom. The highest BCUT2D eigenvalue weighted by molar-refractivity contribution is 7.99. The third-order valence-corrected chi connectivity index (χ3v) is 2.86. The smallest absolute Gasteiger partial charge is 0.364 e. The molecule has 0 saturated carbocycles. The molecule has 0 aromatic carbocycles. The van der Waals surface area contributed by atoms with Crippen molar-refractivity contribution in [2.24, 2.45) is 0 Å². The maximum absolute atomic E-state index is 11.1. The highest BCUT2D eigenvalue weighted by atomic mass is 32.2. The van der Waals surface area contributed by atoms with Crippen molar-refractivity contribution in [1.82, 2.24) is 15.2 Å². The van der Waals surface area contributed by atoms with E-state index in [-0.39, 0.29) is 15.7 Å². The summed E-state index contributed by atoms with van der Waals surface area (Å²) in [6.45, 7) is 1.59.